The molecule has 6 aromatic rings. The number of benzene rings is 6. The van der Waals surface area contributed by atoms with Crippen molar-refractivity contribution < 1.29 is 19.1 Å². The highest BCUT2D eigenvalue weighted by atomic mass is 16.5. The van der Waals surface area contributed by atoms with Crippen LogP contribution in [0, 0.1) is 0 Å². The third kappa shape index (κ3) is 13.3. The van der Waals surface area contributed by atoms with Crippen LogP contribution in [-0.4, -0.2) is 11.9 Å². The molecule has 0 radical (unpaired) electrons. The van der Waals surface area contributed by atoms with Gasteiger partial charge < -0.3 is 9.47 Å². The molecule has 0 saturated heterocycles. The van der Waals surface area contributed by atoms with Crippen LogP contribution in [-0.2, 0) is 22.4 Å². The molecule has 6 rings (SSSR count). The summed E-state index contributed by atoms with van der Waals surface area (Å²) in [5, 5.41) is 0. The van der Waals surface area contributed by atoms with Gasteiger partial charge in [-0.2, -0.15) is 0 Å². The summed E-state index contributed by atoms with van der Waals surface area (Å²) in [6.45, 7) is 14.7. The van der Waals surface area contributed by atoms with Gasteiger partial charge in [-0.05, 0) is 107 Å². The molecule has 4 heteroatoms. The van der Waals surface area contributed by atoms with Gasteiger partial charge in [0.2, 0.25) is 0 Å². The lowest BCUT2D eigenvalue weighted by atomic mass is 10.0. The van der Waals surface area contributed by atoms with Crippen molar-refractivity contribution in [3.05, 3.63) is 214 Å². The van der Waals surface area contributed by atoms with E-state index in [1.165, 1.54) is 27.8 Å². The summed E-state index contributed by atoms with van der Waals surface area (Å²) in [5.74, 6) is 0.211. The van der Waals surface area contributed by atoms with Gasteiger partial charge in [-0.15, -0.1) is 0 Å². The number of carbonyl (C=O) groups excluding carboxylic acids is 2. The molecule has 0 aliphatic heterocycles. The maximum Gasteiger partial charge on any atom is 0.338 e. The smallest absolute Gasteiger partial charge is 0.338 e. The van der Waals surface area contributed by atoms with E-state index in [4.69, 9.17) is 9.47 Å². The molecule has 4 nitrogen and oxygen atoms in total. The van der Waals surface area contributed by atoms with Gasteiger partial charge >= 0.3 is 11.9 Å². The van der Waals surface area contributed by atoms with Gasteiger partial charge in [0.15, 0.2) is 0 Å². The van der Waals surface area contributed by atoms with Crippen LogP contribution < -0.4 is 9.47 Å². The molecule has 6 aromatic carbocycles. The van der Waals surface area contributed by atoms with Crippen LogP contribution in [0.2, 0.25) is 0 Å². The van der Waals surface area contributed by atoms with Crippen molar-refractivity contribution in [2.24, 2.45) is 0 Å². The van der Waals surface area contributed by atoms with E-state index in [2.05, 4.69) is 148 Å². The molecule has 290 valence electrons. The lowest BCUT2D eigenvalue weighted by Crippen LogP contribution is -2.07. The summed E-state index contributed by atoms with van der Waals surface area (Å²) in [7, 11) is 0. The van der Waals surface area contributed by atoms with Gasteiger partial charge in [-0.25, -0.2) is 9.59 Å². The van der Waals surface area contributed by atoms with E-state index in [1.807, 2.05) is 36.4 Å². The summed E-state index contributed by atoms with van der Waals surface area (Å²) in [4.78, 5) is 23.1. The molecule has 0 aliphatic rings. The van der Waals surface area contributed by atoms with Crippen LogP contribution in [0.3, 0.4) is 0 Å². The maximum absolute atomic E-state index is 11.5. The average Bonchev–Trinajstić information content (AvgIpc) is 3.26. The minimum atomic E-state index is -0.412. The molecule has 0 spiro atoms. The molecule has 0 bridgehead atoms. The van der Waals surface area contributed by atoms with Crippen molar-refractivity contribution in [1.29, 1.82) is 0 Å². The first-order valence-electron chi connectivity index (χ1n) is 19.5. The van der Waals surface area contributed by atoms with Crippen molar-refractivity contribution >= 4 is 48.4 Å². The SMILES string of the molecule is C=C(C)C(=O)Oc1ccc(/C=C/c2ccc(-c3ccc(CC)cc3)cc2)cc1.C=C(C)C(=O)Oc1ccc(/C=C/c2ccc(/C=C/c3ccc(CC)cc3)cc2)cc1. The molecule has 0 aromatic heterocycles. The molecular weight excluding hydrogens is 713 g/mol. The minimum absolute atomic E-state index is 0.381. The third-order valence-corrected chi connectivity index (χ3v) is 9.21. The highest BCUT2D eigenvalue weighted by Crippen LogP contribution is 2.22. The van der Waals surface area contributed by atoms with Crippen molar-refractivity contribution in [3.63, 3.8) is 0 Å². The minimum Gasteiger partial charge on any atom is -0.423 e. The van der Waals surface area contributed by atoms with E-state index >= 15 is 0 Å². The van der Waals surface area contributed by atoms with E-state index in [0.717, 1.165) is 40.7 Å². The van der Waals surface area contributed by atoms with E-state index in [9.17, 15) is 9.59 Å². The molecule has 0 N–H and O–H groups in total. The Bertz CT molecular complexity index is 2370. The summed E-state index contributed by atoms with van der Waals surface area (Å²) < 4.78 is 10.4. The van der Waals surface area contributed by atoms with E-state index in [-0.39, 0.29) is 0 Å². The number of aryl methyl sites for hydroxylation is 2. The first-order chi connectivity index (χ1) is 28.1. The molecule has 0 fully saturated rings. The predicted molar refractivity (Wildman–Crippen MR) is 244 cm³/mol. The Morgan fingerprint density at radius 3 is 0.897 bits per heavy atom. The van der Waals surface area contributed by atoms with Crippen molar-refractivity contribution in [2.75, 3.05) is 0 Å². The second kappa shape index (κ2) is 21.3. The van der Waals surface area contributed by atoms with Crippen LogP contribution in [0.4, 0.5) is 0 Å². The van der Waals surface area contributed by atoms with Crippen LogP contribution in [0.15, 0.2) is 170 Å². The quantitative estimate of drug-likeness (QED) is 0.0509. The molecule has 0 atom stereocenters. The second-order valence-corrected chi connectivity index (χ2v) is 13.9. The van der Waals surface area contributed by atoms with Gasteiger partial charge in [-0.3, -0.25) is 0 Å². The van der Waals surface area contributed by atoms with E-state index < -0.39 is 11.9 Å². The Balaban J connectivity index is 0.000000221. The Kier molecular flexibility index (Phi) is 15.5. The largest absolute Gasteiger partial charge is 0.423 e. The van der Waals surface area contributed by atoms with Gasteiger partial charge in [-0.1, -0.05) is 185 Å². The molecule has 0 heterocycles. The summed E-state index contributed by atoms with van der Waals surface area (Å²) in [6.07, 6.45) is 14.6. The summed E-state index contributed by atoms with van der Waals surface area (Å²) in [5.41, 5.74) is 12.6. The number of hydrogen-bond donors (Lipinski definition) is 0. The van der Waals surface area contributed by atoms with Crippen molar-refractivity contribution in [2.45, 2.75) is 40.5 Å². The fourth-order valence-corrected chi connectivity index (χ4v) is 5.56. The number of rotatable bonds is 13. The van der Waals surface area contributed by atoms with E-state index in [1.54, 1.807) is 38.1 Å². The first kappa shape index (κ1) is 42.1. The molecule has 0 amide bonds. The predicted octanol–water partition coefficient (Wildman–Crippen LogP) is 13.6. The Morgan fingerprint density at radius 2 is 0.621 bits per heavy atom. The third-order valence-electron chi connectivity index (χ3n) is 9.21. The van der Waals surface area contributed by atoms with Crippen LogP contribution in [0.5, 0.6) is 11.5 Å². The topological polar surface area (TPSA) is 52.6 Å². The normalized spacial score (nSPS) is 11.0. The Hall–Kier alpha value is -7.04. The van der Waals surface area contributed by atoms with Gasteiger partial charge in [0.1, 0.15) is 11.5 Å². The highest BCUT2D eigenvalue weighted by molar-refractivity contribution is 5.89. The van der Waals surface area contributed by atoms with Gasteiger partial charge in [0, 0.05) is 11.1 Å². The molecule has 0 aliphatic carbocycles. The zero-order chi connectivity index (χ0) is 41.3. The molecular formula is C54H50O4. The Labute approximate surface area is 343 Å². The first-order valence-corrected chi connectivity index (χ1v) is 19.5. The van der Waals surface area contributed by atoms with Crippen LogP contribution in [0.1, 0.15) is 72.2 Å². The van der Waals surface area contributed by atoms with Crippen molar-refractivity contribution in [1.82, 2.24) is 0 Å². The fraction of sp³-hybridized carbons (Fsp3) is 0.111. The number of esters is 2. The number of carbonyl (C=O) groups is 2. The fourth-order valence-electron chi connectivity index (χ4n) is 5.56. The number of ether oxygens (including phenoxy) is 2. The van der Waals surface area contributed by atoms with Crippen LogP contribution in [0.25, 0.3) is 47.6 Å². The lowest BCUT2D eigenvalue weighted by molar-refractivity contribution is -0.130. The Morgan fingerprint density at radius 1 is 0.397 bits per heavy atom. The maximum atomic E-state index is 11.5. The van der Waals surface area contributed by atoms with Crippen molar-refractivity contribution in [3.8, 4) is 22.6 Å². The van der Waals surface area contributed by atoms with Crippen LogP contribution >= 0.6 is 0 Å². The zero-order valence-corrected chi connectivity index (χ0v) is 33.8. The average molecular weight is 763 g/mol. The molecule has 0 saturated carbocycles. The highest BCUT2D eigenvalue weighted by Gasteiger charge is 2.06. The lowest BCUT2D eigenvalue weighted by Gasteiger charge is -2.04. The standard InChI is InChI=1S/C28H26O2.C26H24O2/c1-4-22-5-7-23(8-6-22)9-10-24-11-13-25(14-12-24)15-16-26-17-19-27(20-18-26)30-28(29)21(2)3;1-4-20-7-13-23(14-8-20)24-15-9-21(10-16-24)5-6-22-11-17-25(18-12-22)28-26(27)19(2)3/h5-20H,2,4H2,1,3H3;5-18H,2,4H2,1,3H3/b10-9+,16-15+;6-5+. The molecule has 58 heavy (non-hydrogen) atoms. The summed E-state index contributed by atoms with van der Waals surface area (Å²) in [6, 6.07) is 49.1. The van der Waals surface area contributed by atoms with Gasteiger partial charge in [0.25, 0.3) is 0 Å². The second-order valence-electron chi connectivity index (χ2n) is 13.9. The summed E-state index contributed by atoms with van der Waals surface area (Å²) >= 11 is 0. The number of hydrogen-bond acceptors (Lipinski definition) is 4. The molecule has 0 unspecified atom stereocenters. The van der Waals surface area contributed by atoms with E-state index in [0.29, 0.717) is 22.6 Å². The zero-order valence-electron chi connectivity index (χ0n) is 33.8. The monoisotopic (exact) mass is 762 g/mol. The van der Waals surface area contributed by atoms with Gasteiger partial charge in [0.05, 0.1) is 0 Å².